The van der Waals surface area contributed by atoms with E-state index < -0.39 is 11.6 Å². The van der Waals surface area contributed by atoms with Gasteiger partial charge in [-0.3, -0.25) is 9.59 Å². The molecule has 0 aromatic carbocycles. The first-order chi connectivity index (χ1) is 9.27. The van der Waals surface area contributed by atoms with Gasteiger partial charge in [0, 0.05) is 11.6 Å². The van der Waals surface area contributed by atoms with Gasteiger partial charge in [0.1, 0.15) is 6.04 Å². The summed E-state index contributed by atoms with van der Waals surface area (Å²) in [6.07, 6.45) is 4.63. The molecule has 2 amide bonds. The molecule has 1 saturated carbocycles. The van der Waals surface area contributed by atoms with E-state index in [1.807, 2.05) is 20.8 Å². The molecule has 1 fully saturated rings. The van der Waals surface area contributed by atoms with E-state index >= 15 is 0 Å². The maximum Gasteiger partial charge on any atom is 0.242 e. The lowest BCUT2D eigenvalue weighted by Gasteiger charge is -2.37. The zero-order valence-corrected chi connectivity index (χ0v) is 13.2. The van der Waals surface area contributed by atoms with Crippen molar-refractivity contribution >= 4 is 11.8 Å². The van der Waals surface area contributed by atoms with Crippen LogP contribution in [0.25, 0.3) is 0 Å². The van der Waals surface area contributed by atoms with Crippen LogP contribution in [-0.4, -0.2) is 29.4 Å². The van der Waals surface area contributed by atoms with Crippen molar-refractivity contribution in [3.05, 3.63) is 0 Å². The van der Waals surface area contributed by atoms with E-state index in [0.717, 1.165) is 32.1 Å². The molecule has 0 radical (unpaired) electrons. The highest BCUT2D eigenvalue weighted by Gasteiger charge is 2.38. The summed E-state index contributed by atoms with van der Waals surface area (Å²) >= 11 is 0. The van der Waals surface area contributed by atoms with Gasteiger partial charge in [-0.1, -0.05) is 19.8 Å². The molecule has 1 rings (SSSR count). The summed E-state index contributed by atoms with van der Waals surface area (Å²) in [6, 6.07) is -0.398. The zero-order chi connectivity index (χ0) is 15.3. The van der Waals surface area contributed by atoms with Crippen molar-refractivity contribution in [3.8, 4) is 0 Å². The van der Waals surface area contributed by atoms with Gasteiger partial charge >= 0.3 is 0 Å². The fraction of sp³-hybridized carbons (Fsp3) is 0.867. The molecular formula is C15H29N3O2. The number of hydrogen-bond acceptors (Lipinski definition) is 3. The van der Waals surface area contributed by atoms with E-state index in [9.17, 15) is 9.59 Å². The molecule has 0 spiro atoms. The van der Waals surface area contributed by atoms with Crippen molar-refractivity contribution in [3.63, 3.8) is 0 Å². The second-order valence-electron chi connectivity index (χ2n) is 6.35. The molecule has 0 aromatic heterocycles. The molecule has 0 saturated heterocycles. The fourth-order valence-corrected chi connectivity index (χ4v) is 2.64. The zero-order valence-electron chi connectivity index (χ0n) is 13.2. The molecule has 4 N–H and O–H groups in total. The van der Waals surface area contributed by atoms with Gasteiger partial charge in [0.25, 0.3) is 0 Å². The highest BCUT2D eigenvalue weighted by Crippen LogP contribution is 2.31. The number of carbonyl (C=O) groups is 2. The third kappa shape index (κ3) is 4.47. The number of nitrogens with two attached hydrogens (primary N) is 1. The van der Waals surface area contributed by atoms with Crippen LogP contribution in [0.5, 0.6) is 0 Å². The Balaban J connectivity index is 2.54. The first-order valence-corrected chi connectivity index (χ1v) is 7.67. The molecule has 116 valence electrons. The van der Waals surface area contributed by atoms with E-state index in [1.54, 1.807) is 6.92 Å². The molecule has 5 heteroatoms. The monoisotopic (exact) mass is 283 g/mol. The Kier molecular flexibility index (Phi) is 5.99. The molecule has 4 unspecified atom stereocenters. The fourth-order valence-electron chi connectivity index (χ4n) is 2.64. The second kappa shape index (κ2) is 7.07. The third-order valence-corrected chi connectivity index (χ3v) is 4.32. The van der Waals surface area contributed by atoms with Crippen molar-refractivity contribution < 1.29 is 9.59 Å². The smallest absolute Gasteiger partial charge is 0.242 e. The molecule has 0 bridgehead atoms. The standard InChI is InChI=1S/C15H29N3O2/c1-5-10(2)17-13(19)11(3)18-14(20)12-8-6-7-9-15(12,4)16/h10-12H,5-9,16H2,1-4H3,(H,17,19)(H,18,20). The maximum atomic E-state index is 12.3. The first-order valence-electron chi connectivity index (χ1n) is 7.67. The van der Waals surface area contributed by atoms with E-state index in [0.29, 0.717) is 0 Å². The molecule has 0 aliphatic heterocycles. The van der Waals surface area contributed by atoms with Crippen LogP contribution in [0.2, 0.25) is 0 Å². The lowest BCUT2D eigenvalue weighted by atomic mass is 9.74. The van der Waals surface area contributed by atoms with Crippen molar-refractivity contribution in [1.29, 1.82) is 0 Å². The summed E-state index contributed by atoms with van der Waals surface area (Å²) in [5.41, 5.74) is 5.75. The summed E-state index contributed by atoms with van der Waals surface area (Å²) in [6.45, 7) is 7.60. The number of hydrogen-bond donors (Lipinski definition) is 3. The molecule has 20 heavy (non-hydrogen) atoms. The molecule has 0 heterocycles. The maximum absolute atomic E-state index is 12.3. The second-order valence-corrected chi connectivity index (χ2v) is 6.35. The van der Waals surface area contributed by atoms with Gasteiger partial charge < -0.3 is 16.4 Å². The number of nitrogens with one attached hydrogen (secondary N) is 2. The Hall–Kier alpha value is -1.10. The van der Waals surface area contributed by atoms with Crippen LogP contribution in [0.15, 0.2) is 0 Å². The van der Waals surface area contributed by atoms with Crippen LogP contribution < -0.4 is 16.4 Å². The normalized spacial score (nSPS) is 29.4. The summed E-state index contributed by atoms with van der Waals surface area (Å²) in [4.78, 5) is 24.2. The predicted molar refractivity (Wildman–Crippen MR) is 80.1 cm³/mol. The topological polar surface area (TPSA) is 84.2 Å². The lowest BCUT2D eigenvalue weighted by molar-refractivity contribution is -0.133. The average Bonchev–Trinajstić information content (AvgIpc) is 2.37. The summed E-state index contributed by atoms with van der Waals surface area (Å²) < 4.78 is 0. The summed E-state index contributed by atoms with van der Waals surface area (Å²) in [5.74, 6) is -0.432. The van der Waals surface area contributed by atoms with Gasteiger partial charge in [-0.05, 0) is 40.0 Å². The third-order valence-electron chi connectivity index (χ3n) is 4.32. The minimum atomic E-state index is -0.519. The van der Waals surface area contributed by atoms with Crippen LogP contribution in [0.1, 0.15) is 59.8 Å². The van der Waals surface area contributed by atoms with Crippen molar-refractivity contribution in [2.24, 2.45) is 11.7 Å². The van der Waals surface area contributed by atoms with Crippen LogP contribution in [0.3, 0.4) is 0 Å². The summed E-state index contributed by atoms with van der Waals surface area (Å²) in [5, 5.41) is 5.68. The summed E-state index contributed by atoms with van der Waals surface area (Å²) in [7, 11) is 0. The van der Waals surface area contributed by atoms with E-state index in [1.165, 1.54) is 0 Å². The van der Waals surface area contributed by atoms with E-state index in [2.05, 4.69) is 10.6 Å². The van der Waals surface area contributed by atoms with Gasteiger partial charge in [-0.2, -0.15) is 0 Å². The number of carbonyl (C=O) groups excluding carboxylic acids is 2. The van der Waals surface area contributed by atoms with Crippen LogP contribution in [0.4, 0.5) is 0 Å². The first kappa shape index (κ1) is 17.0. The molecular weight excluding hydrogens is 254 g/mol. The van der Waals surface area contributed by atoms with Crippen molar-refractivity contribution in [2.75, 3.05) is 0 Å². The highest BCUT2D eigenvalue weighted by atomic mass is 16.2. The molecule has 1 aliphatic carbocycles. The Morgan fingerprint density at radius 2 is 1.95 bits per heavy atom. The number of amides is 2. The molecule has 4 atom stereocenters. The van der Waals surface area contributed by atoms with Gasteiger partial charge in [-0.15, -0.1) is 0 Å². The van der Waals surface area contributed by atoms with Crippen molar-refractivity contribution in [1.82, 2.24) is 10.6 Å². The van der Waals surface area contributed by atoms with E-state index in [-0.39, 0.29) is 23.8 Å². The Morgan fingerprint density at radius 1 is 1.30 bits per heavy atom. The minimum absolute atomic E-state index is 0.0958. The lowest BCUT2D eigenvalue weighted by Crippen LogP contribution is -2.56. The highest BCUT2D eigenvalue weighted by molar-refractivity contribution is 5.88. The Bertz CT molecular complexity index is 355. The molecule has 0 aromatic rings. The van der Waals surface area contributed by atoms with Gasteiger partial charge in [0.05, 0.1) is 5.92 Å². The number of rotatable bonds is 5. The quantitative estimate of drug-likeness (QED) is 0.711. The van der Waals surface area contributed by atoms with E-state index in [4.69, 9.17) is 5.73 Å². The van der Waals surface area contributed by atoms with Crippen LogP contribution in [0, 0.1) is 5.92 Å². The molecule has 5 nitrogen and oxygen atoms in total. The Labute approximate surface area is 122 Å². The minimum Gasteiger partial charge on any atom is -0.352 e. The SMILES string of the molecule is CCC(C)NC(=O)C(C)NC(=O)C1CCCCC1(C)N. The largest absolute Gasteiger partial charge is 0.352 e. The molecule has 1 aliphatic rings. The van der Waals surface area contributed by atoms with Gasteiger partial charge in [0.2, 0.25) is 11.8 Å². The average molecular weight is 283 g/mol. The Morgan fingerprint density at radius 3 is 2.50 bits per heavy atom. The van der Waals surface area contributed by atoms with Crippen molar-refractivity contribution in [2.45, 2.75) is 77.4 Å². The van der Waals surface area contributed by atoms with Crippen LogP contribution in [-0.2, 0) is 9.59 Å². The van der Waals surface area contributed by atoms with Crippen LogP contribution >= 0.6 is 0 Å². The van der Waals surface area contributed by atoms with Gasteiger partial charge in [0.15, 0.2) is 0 Å². The van der Waals surface area contributed by atoms with Gasteiger partial charge in [-0.25, -0.2) is 0 Å². The predicted octanol–water partition coefficient (Wildman–Crippen LogP) is 1.31.